The highest BCUT2D eigenvalue weighted by atomic mass is 35.5. The third-order valence-corrected chi connectivity index (χ3v) is 4.60. The van der Waals surface area contributed by atoms with Crippen molar-refractivity contribution in [1.29, 1.82) is 0 Å². The molecule has 1 aromatic carbocycles. The molecular weight excluding hydrogens is 307 g/mol. The monoisotopic (exact) mass is 328 g/mol. The molecule has 0 spiro atoms. The van der Waals surface area contributed by atoms with Gasteiger partial charge < -0.3 is 10.6 Å². The quantitative estimate of drug-likeness (QED) is 0.808. The zero-order valence-electron chi connectivity index (χ0n) is 12.0. The average molecular weight is 329 g/mol. The zero-order chi connectivity index (χ0) is 14.0. The number of benzene rings is 1. The van der Waals surface area contributed by atoms with Crippen LogP contribution in [-0.2, 0) is 10.2 Å². The molecule has 3 nitrogen and oxygen atoms in total. The Morgan fingerprint density at radius 2 is 1.90 bits per heavy atom. The van der Waals surface area contributed by atoms with Crippen LogP contribution in [0.1, 0.15) is 31.2 Å². The van der Waals surface area contributed by atoms with E-state index in [1.807, 2.05) is 12.1 Å². The number of rotatable bonds is 7. The second-order valence-electron chi connectivity index (χ2n) is 6.14. The lowest BCUT2D eigenvalue weighted by Crippen LogP contribution is -2.38. The van der Waals surface area contributed by atoms with E-state index in [0.717, 1.165) is 36.9 Å². The molecule has 116 valence electrons. The van der Waals surface area contributed by atoms with Crippen molar-refractivity contribution in [3.8, 4) is 0 Å². The zero-order valence-corrected chi connectivity index (χ0v) is 13.6. The Kier molecular flexibility index (Phi) is 5.53. The molecule has 0 unspecified atom stereocenters. The van der Waals surface area contributed by atoms with Gasteiger partial charge in [-0.25, -0.2) is 0 Å². The maximum Gasteiger partial charge on any atom is 0.233 e. The van der Waals surface area contributed by atoms with Gasteiger partial charge in [0.05, 0.1) is 6.54 Å². The first-order valence-corrected chi connectivity index (χ1v) is 7.79. The molecule has 21 heavy (non-hydrogen) atoms. The van der Waals surface area contributed by atoms with Crippen molar-refractivity contribution in [2.75, 3.05) is 19.6 Å². The van der Waals surface area contributed by atoms with Crippen LogP contribution in [0.3, 0.4) is 0 Å². The molecular formula is C16H22Cl2N2O. The van der Waals surface area contributed by atoms with Crippen molar-refractivity contribution in [1.82, 2.24) is 10.6 Å². The minimum absolute atomic E-state index is 0. The van der Waals surface area contributed by atoms with Crippen LogP contribution in [0, 0.1) is 5.92 Å². The van der Waals surface area contributed by atoms with E-state index in [-0.39, 0.29) is 23.7 Å². The van der Waals surface area contributed by atoms with Gasteiger partial charge in [-0.05, 0) is 55.8 Å². The number of hydrogen-bond acceptors (Lipinski definition) is 2. The summed E-state index contributed by atoms with van der Waals surface area (Å²) in [4.78, 5) is 11.8. The van der Waals surface area contributed by atoms with Gasteiger partial charge in [0, 0.05) is 17.0 Å². The lowest BCUT2D eigenvalue weighted by atomic mass is 9.96. The Bertz CT molecular complexity index is 482. The van der Waals surface area contributed by atoms with Crippen LogP contribution in [0.15, 0.2) is 24.3 Å². The highest BCUT2D eigenvalue weighted by Crippen LogP contribution is 2.47. The number of halogens is 2. The van der Waals surface area contributed by atoms with Crippen LogP contribution in [0.4, 0.5) is 0 Å². The first-order chi connectivity index (χ1) is 9.68. The molecule has 3 rings (SSSR count). The van der Waals surface area contributed by atoms with Gasteiger partial charge in [0.15, 0.2) is 0 Å². The first-order valence-electron chi connectivity index (χ1n) is 7.41. The molecule has 1 amide bonds. The second kappa shape index (κ2) is 6.99. The summed E-state index contributed by atoms with van der Waals surface area (Å²) >= 11 is 5.92. The summed E-state index contributed by atoms with van der Waals surface area (Å²) in [5.41, 5.74) is 1.43. The third-order valence-electron chi connectivity index (χ3n) is 4.35. The number of hydrogen-bond donors (Lipinski definition) is 2. The molecule has 0 aliphatic heterocycles. The van der Waals surface area contributed by atoms with Crippen LogP contribution in [0.5, 0.6) is 0 Å². The Morgan fingerprint density at radius 3 is 2.48 bits per heavy atom. The lowest BCUT2D eigenvalue weighted by molar-refractivity contribution is -0.120. The van der Waals surface area contributed by atoms with E-state index >= 15 is 0 Å². The molecule has 2 N–H and O–H groups in total. The Labute approximate surface area is 137 Å². The van der Waals surface area contributed by atoms with Gasteiger partial charge in [0.1, 0.15) is 0 Å². The molecule has 0 heterocycles. The fourth-order valence-electron chi connectivity index (χ4n) is 2.56. The lowest BCUT2D eigenvalue weighted by Gasteiger charge is -2.17. The smallest absolute Gasteiger partial charge is 0.233 e. The third kappa shape index (κ3) is 4.60. The number of carbonyl (C=O) groups excluding carboxylic acids is 1. The van der Waals surface area contributed by atoms with Gasteiger partial charge in [-0.3, -0.25) is 4.79 Å². The molecule has 2 aliphatic rings. The second-order valence-corrected chi connectivity index (χ2v) is 6.57. The number of nitrogens with one attached hydrogen (secondary N) is 2. The van der Waals surface area contributed by atoms with Gasteiger partial charge >= 0.3 is 0 Å². The van der Waals surface area contributed by atoms with E-state index in [9.17, 15) is 4.79 Å². The summed E-state index contributed by atoms with van der Waals surface area (Å²) in [6, 6.07) is 8.01. The molecule has 0 saturated heterocycles. The predicted octanol–water partition coefficient (Wildman–Crippen LogP) is 2.91. The topological polar surface area (TPSA) is 41.1 Å². The summed E-state index contributed by atoms with van der Waals surface area (Å²) < 4.78 is 0. The minimum Gasteiger partial charge on any atom is -0.354 e. The molecule has 0 atom stereocenters. The maximum atomic E-state index is 11.8. The van der Waals surface area contributed by atoms with Crippen LogP contribution in [0.25, 0.3) is 0 Å². The summed E-state index contributed by atoms with van der Waals surface area (Å²) in [6.07, 6.45) is 4.91. The highest BCUT2D eigenvalue weighted by molar-refractivity contribution is 6.30. The Balaban J connectivity index is 0.00000161. The minimum atomic E-state index is 0. The predicted molar refractivity (Wildman–Crippen MR) is 88.2 cm³/mol. The van der Waals surface area contributed by atoms with E-state index in [4.69, 9.17) is 11.6 Å². The molecule has 1 aromatic rings. The molecule has 0 radical (unpaired) electrons. The van der Waals surface area contributed by atoms with Crippen molar-refractivity contribution in [2.24, 2.45) is 5.92 Å². The summed E-state index contributed by atoms with van der Waals surface area (Å²) in [6.45, 7) is 2.15. The fraction of sp³-hybridized carbons (Fsp3) is 0.562. The Hall–Kier alpha value is -0.770. The van der Waals surface area contributed by atoms with Crippen LogP contribution >= 0.6 is 24.0 Å². The average Bonchev–Trinajstić information content (AvgIpc) is 3.33. The van der Waals surface area contributed by atoms with E-state index in [2.05, 4.69) is 22.8 Å². The molecule has 0 aromatic heterocycles. The summed E-state index contributed by atoms with van der Waals surface area (Å²) in [5.74, 6) is 0.914. The standard InChI is InChI=1S/C16H21ClN2O.ClH/c17-14-5-3-13(4-6-14)16(7-8-16)11-19-15(20)10-18-9-12-1-2-12;/h3-6,12,18H,1-2,7-11H2,(H,19,20);1H. The summed E-state index contributed by atoms with van der Waals surface area (Å²) in [7, 11) is 0. The van der Waals surface area contributed by atoms with Gasteiger partial charge in [0.25, 0.3) is 0 Å². The SMILES string of the molecule is Cl.O=C(CNCC1CC1)NCC1(c2ccc(Cl)cc2)CC1. The van der Waals surface area contributed by atoms with Crippen LogP contribution < -0.4 is 10.6 Å². The van der Waals surface area contributed by atoms with Gasteiger partial charge in [-0.2, -0.15) is 0 Å². The van der Waals surface area contributed by atoms with Gasteiger partial charge in [0.2, 0.25) is 5.91 Å². The highest BCUT2D eigenvalue weighted by Gasteiger charge is 2.44. The van der Waals surface area contributed by atoms with E-state index in [1.54, 1.807) is 0 Å². The number of carbonyl (C=O) groups is 1. The van der Waals surface area contributed by atoms with Crippen molar-refractivity contribution >= 4 is 29.9 Å². The van der Waals surface area contributed by atoms with E-state index < -0.39 is 0 Å². The number of amides is 1. The summed E-state index contributed by atoms with van der Waals surface area (Å²) in [5, 5.41) is 7.04. The van der Waals surface area contributed by atoms with Crippen LogP contribution in [-0.4, -0.2) is 25.5 Å². The largest absolute Gasteiger partial charge is 0.354 e. The van der Waals surface area contributed by atoms with Crippen LogP contribution in [0.2, 0.25) is 5.02 Å². The fourth-order valence-corrected chi connectivity index (χ4v) is 2.69. The van der Waals surface area contributed by atoms with Crippen molar-refractivity contribution < 1.29 is 4.79 Å². The maximum absolute atomic E-state index is 11.8. The molecule has 0 bridgehead atoms. The van der Waals surface area contributed by atoms with Crippen molar-refractivity contribution in [3.05, 3.63) is 34.9 Å². The molecule has 5 heteroatoms. The van der Waals surface area contributed by atoms with E-state index in [1.165, 1.54) is 18.4 Å². The van der Waals surface area contributed by atoms with Gasteiger partial charge in [-0.1, -0.05) is 23.7 Å². The van der Waals surface area contributed by atoms with Gasteiger partial charge in [-0.15, -0.1) is 12.4 Å². The normalized spacial score (nSPS) is 18.7. The van der Waals surface area contributed by atoms with Crippen molar-refractivity contribution in [2.45, 2.75) is 31.1 Å². The molecule has 2 fully saturated rings. The first kappa shape index (κ1) is 16.6. The molecule has 2 saturated carbocycles. The Morgan fingerprint density at radius 1 is 1.24 bits per heavy atom. The van der Waals surface area contributed by atoms with E-state index in [0.29, 0.717) is 6.54 Å². The van der Waals surface area contributed by atoms with Crippen molar-refractivity contribution in [3.63, 3.8) is 0 Å². The molecule has 2 aliphatic carbocycles.